The fraction of sp³-hybridized carbons (Fsp3) is 0.562. The number of rotatable bonds is 2. The largest absolute Gasteiger partial charge is 0.336 e. The van der Waals surface area contributed by atoms with Gasteiger partial charge in [-0.1, -0.05) is 19.0 Å². The Labute approximate surface area is 124 Å². The number of hydrogen-bond acceptors (Lipinski definition) is 4. The van der Waals surface area contributed by atoms with Gasteiger partial charge >= 0.3 is 0 Å². The molecule has 1 fully saturated rings. The molecule has 5 heteroatoms. The number of amides is 1. The van der Waals surface area contributed by atoms with Crippen LogP contribution in [-0.2, 0) is 0 Å². The van der Waals surface area contributed by atoms with Crippen LogP contribution in [0.25, 0.3) is 11.1 Å². The van der Waals surface area contributed by atoms with Crippen molar-refractivity contribution in [2.75, 3.05) is 6.54 Å². The Bertz CT molecular complexity index is 663. The number of carbonyl (C=O) groups is 1. The number of piperidine rings is 1. The van der Waals surface area contributed by atoms with Gasteiger partial charge in [-0.3, -0.25) is 4.79 Å². The van der Waals surface area contributed by atoms with E-state index in [0.717, 1.165) is 30.5 Å². The summed E-state index contributed by atoms with van der Waals surface area (Å²) in [6.45, 7) is 7.05. The molecule has 0 N–H and O–H groups in total. The van der Waals surface area contributed by atoms with Gasteiger partial charge in [0.25, 0.3) is 11.6 Å². The molecule has 0 aromatic carbocycles. The molecule has 0 unspecified atom stereocenters. The summed E-state index contributed by atoms with van der Waals surface area (Å²) >= 11 is 0. The van der Waals surface area contributed by atoms with Crippen molar-refractivity contribution in [3.05, 3.63) is 23.5 Å². The Morgan fingerprint density at radius 1 is 1.43 bits per heavy atom. The molecular weight excluding hydrogens is 266 g/mol. The molecule has 3 heterocycles. The second-order valence-corrected chi connectivity index (χ2v) is 6.14. The summed E-state index contributed by atoms with van der Waals surface area (Å²) in [5, 5.41) is 4.91. The van der Waals surface area contributed by atoms with Gasteiger partial charge in [-0.15, -0.1) is 0 Å². The van der Waals surface area contributed by atoms with Crippen LogP contribution in [0.4, 0.5) is 0 Å². The fourth-order valence-electron chi connectivity index (χ4n) is 2.95. The fourth-order valence-corrected chi connectivity index (χ4v) is 2.95. The molecule has 0 spiro atoms. The van der Waals surface area contributed by atoms with Crippen molar-refractivity contribution >= 4 is 17.0 Å². The number of hydrogen-bond donors (Lipinski definition) is 0. The van der Waals surface area contributed by atoms with E-state index >= 15 is 0 Å². The Hall–Kier alpha value is -1.91. The molecule has 1 aliphatic rings. The van der Waals surface area contributed by atoms with Gasteiger partial charge in [0, 0.05) is 18.8 Å². The van der Waals surface area contributed by atoms with Crippen LogP contribution >= 0.6 is 0 Å². The van der Waals surface area contributed by atoms with E-state index in [2.05, 4.69) is 30.9 Å². The number of likely N-dealkylation sites (tertiary alicyclic amines) is 1. The van der Waals surface area contributed by atoms with Gasteiger partial charge in [0.2, 0.25) is 0 Å². The van der Waals surface area contributed by atoms with Gasteiger partial charge in [-0.25, -0.2) is 4.98 Å². The molecule has 21 heavy (non-hydrogen) atoms. The van der Waals surface area contributed by atoms with Gasteiger partial charge in [0.15, 0.2) is 0 Å². The summed E-state index contributed by atoms with van der Waals surface area (Å²) in [7, 11) is 0. The molecule has 2 aromatic rings. The maximum absolute atomic E-state index is 12.7. The molecule has 2 aromatic heterocycles. The third-order valence-corrected chi connectivity index (χ3v) is 4.22. The first kappa shape index (κ1) is 14.0. The van der Waals surface area contributed by atoms with E-state index in [1.165, 1.54) is 6.42 Å². The predicted molar refractivity (Wildman–Crippen MR) is 80.2 cm³/mol. The first-order valence-electron chi connectivity index (χ1n) is 7.64. The van der Waals surface area contributed by atoms with Gasteiger partial charge in [0.05, 0.1) is 16.6 Å². The molecule has 0 aliphatic carbocycles. The maximum Gasteiger partial charge on any atom is 0.257 e. The van der Waals surface area contributed by atoms with E-state index in [0.29, 0.717) is 17.3 Å². The summed E-state index contributed by atoms with van der Waals surface area (Å²) in [6, 6.07) is 2.17. The van der Waals surface area contributed by atoms with E-state index in [4.69, 9.17) is 4.52 Å². The maximum atomic E-state index is 12.7. The molecule has 1 atom stereocenters. The van der Waals surface area contributed by atoms with Gasteiger partial charge in [0.1, 0.15) is 0 Å². The molecule has 5 nitrogen and oxygen atoms in total. The van der Waals surface area contributed by atoms with Crippen molar-refractivity contribution in [1.29, 1.82) is 0 Å². The molecule has 1 amide bonds. The molecule has 112 valence electrons. The Morgan fingerprint density at radius 2 is 2.24 bits per heavy atom. The highest BCUT2D eigenvalue weighted by Crippen LogP contribution is 2.25. The zero-order valence-corrected chi connectivity index (χ0v) is 12.8. The number of nitrogens with zero attached hydrogens (tertiary/aromatic N) is 3. The van der Waals surface area contributed by atoms with Crippen LogP contribution in [0.15, 0.2) is 16.8 Å². The molecule has 0 radical (unpaired) electrons. The van der Waals surface area contributed by atoms with E-state index < -0.39 is 0 Å². The number of aromatic nitrogens is 2. The quantitative estimate of drug-likeness (QED) is 0.849. The minimum atomic E-state index is 0.0625. The first-order valence-corrected chi connectivity index (χ1v) is 7.64. The van der Waals surface area contributed by atoms with Crippen LogP contribution in [0.3, 0.4) is 0 Å². The highest BCUT2D eigenvalue weighted by atomic mass is 16.5. The first-order chi connectivity index (χ1) is 10.1. The minimum Gasteiger partial charge on any atom is -0.336 e. The van der Waals surface area contributed by atoms with Crippen LogP contribution in [0.2, 0.25) is 0 Å². The Balaban J connectivity index is 1.96. The molecule has 3 rings (SSSR count). The van der Waals surface area contributed by atoms with Gasteiger partial charge in [-0.05, 0) is 38.2 Å². The SMILES string of the molecule is CC(C)c1noc2ncc(C(=O)N3CCCC[C@@H]3C)cc12. The van der Waals surface area contributed by atoms with Gasteiger partial charge in [-0.2, -0.15) is 0 Å². The van der Waals surface area contributed by atoms with Crippen molar-refractivity contribution < 1.29 is 9.32 Å². The van der Waals surface area contributed by atoms with Crippen LogP contribution in [-0.4, -0.2) is 33.5 Å². The van der Waals surface area contributed by atoms with Crippen LogP contribution in [0, 0.1) is 0 Å². The lowest BCUT2D eigenvalue weighted by Crippen LogP contribution is -2.42. The predicted octanol–water partition coefficient (Wildman–Crippen LogP) is 3.36. The normalized spacial score (nSPS) is 19.4. The van der Waals surface area contributed by atoms with Crippen molar-refractivity contribution in [2.24, 2.45) is 0 Å². The van der Waals surface area contributed by atoms with E-state index in [9.17, 15) is 4.79 Å². The Morgan fingerprint density at radius 3 is 2.95 bits per heavy atom. The topological polar surface area (TPSA) is 59.2 Å². The third kappa shape index (κ3) is 2.52. The van der Waals surface area contributed by atoms with E-state index in [-0.39, 0.29) is 11.8 Å². The molecular formula is C16H21N3O2. The van der Waals surface area contributed by atoms with Crippen LogP contribution < -0.4 is 0 Å². The average molecular weight is 287 g/mol. The van der Waals surface area contributed by atoms with E-state index in [1.807, 2.05) is 11.0 Å². The van der Waals surface area contributed by atoms with Crippen molar-refractivity contribution in [2.45, 2.75) is 52.0 Å². The lowest BCUT2D eigenvalue weighted by molar-refractivity contribution is 0.0635. The van der Waals surface area contributed by atoms with Crippen molar-refractivity contribution in [3.63, 3.8) is 0 Å². The summed E-state index contributed by atoms with van der Waals surface area (Å²) in [4.78, 5) is 18.9. The van der Waals surface area contributed by atoms with Gasteiger partial charge < -0.3 is 9.42 Å². The zero-order valence-electron chi connectivity index (χ0n) is 12.8. The molecule has 1 aliphatic heterocycles. The van der Waals surface area contributed by atoms with Crippen molar-refractivity contribution in [1.82, 2.24) is 15.0 Å². The second kappa shape index (κ2) is 5.47. The summed E-state index contributed by atoms with van der Waals surface area (Å²) in [5.41, 5.74) is 1.99. The van der Waals surface area contributed by atoms with Crippen molar-refractivity contribution in [3.8, 4) is 0 Å². The molecule has 0 saturated carbocycles. The lowest BCUT2D eigenvalue weighted by atomic mass is 10.0. The van der Waals surface area contributed by atoms with Crippen LogP contribution in [0.1, 0.15) is 62.0 Å². The third-order valence-electron chi connectivity index (χ3n) is 4.22. The summed E-state index contributed by atoms with van der Waals surface area (Å²) in [5.74, 6) is 0.305. The summed E-state index contributed by atoms with van der Waals surface area (Å²) in [6.07, 6.45) is 4.95. The lowest BCUT2D eigenvalue weighted by Gasteiger charge is -2.33. The smallest absolute Gasteiger partial charge is 0.257 e. The zero-order chi connectivity index (χ0) is 15.0. The number of carbonyl (C=O) groups excluding carboxylic acids is 1. The monoisotopic (exact) mass is 287 g/mol. The Kier molecular flexibility index (Phi) is 3.66. The average Bonchev–Trinajstić information content (AvgIpc) is 2.90. The minimum absolute atomic E-state index is 0.0625. The summed E-state index contributed by atoms with van der Waals surface area (Å²) < 4.78 is 5.23. The second-order valence-electron chi connectivity index (χ2n) is 6.14. The molecule has 1 saturated heterocycles. The standard InChI is InChI=1S/C16H21N3O2/c1-10(2)14-13-8-12(9-17-15(13)21-18-14)16(20)19-7-5-4-6-11(19)3/h8-11H,4-7H2,1-3H3/t11-/m0/s1. The highest BCUT2D eigenvalue weighted by molar-refractivity contribution is 5.97. The van der Waals surface area contributed by atoms with Crippen LogP contribution in [0.5, 0.6) is 0 Å². The number of pyridine rings is 1. The highest BCUT2D eigenvalue weighted by Gasteiger charge is 2.25. The molecule has 0 bridgehead atoms. The number of fused-ring (bicyclic) bond motifs is 1. The van der Waals surface area contributed by atoms with E-state index in [1.54, 1.807) is 6.20 Å².